The minimum Gasteiger partial charge on any atom is -0.398 e. The zero-order valence-corrected chi connectivity index (χ0v) is 8.88. The van der Waals surface area contributed by atoms with Gasteiger partial charge in [-0.3, -0.25) is 4.98 Å². The highest BCUT2D eigenvalue weighted by Gasteiger charge is 2.33. The van der Waals surface area contributed by atoms with E-state index in [9.17, 15) is 13.2 Å². The van der Waals surface area contributed by atoms with Crippen LogP contribution in [0.2, 0.25) is 0 Å². The molecule has 0 saturated heterocycles. The lowest BCUT2D eigenvalue weighted by atomic mass is 10.0. The van der Waals surface area contributed by atoms with Crippen molar-refractivity contribution in [2.24, 2.45) is 0 Å². The maximum atomic E-state index is 12.3. The molecule has 0 spiro atoms. The molecule has 0 radical (unpaired) electrons. The summed E-state index contributed by atoms with van der Waals surface area (Å²) in [5.74, 6) is 0. The molecule has 1 heterocycles. The Morgan fingerprint density at radius 1 is 1.50 bits per heavy atom. The Labute approximate surface area is 91.9 Å². The van der Waals surface area contributed by atoms with E-state index >= 15 is 0 Å². The molecule has 0 aliphatic rings. The van der Waals surface area contributed by atoms with Gasteiger partial charge >= 0.3 is 6.18 Å². The number of nitrogens with zero attached hydrogens (tertiary/aromatic N) is 1. The number of rotatable bonds is 4. The van der Waals surface area contributed by atoms with Crippen molar-refractivity contribution in [3.8, 4) is 0 Å². The lowest BCUT2D eigenvalue weighted by Gasteiger charge is -2.20. The van der Waals surface area contributed by atoms with Crippen LogP contribution < -0.4 is 11.1 Å². The van der Waals surface area contributed by atoms with E-state index in [0.717, 1.165) is 0 Å². The Balaban J connectivity index is 2.89. The van der Waals surface area contributed by atoms with Gasteiger partial charge in [0.1, 0.15) is 0 Å². The number of alkyl halides is 3. The van der Waals surface area contributed by atoms with Gasteiger partial charge in [0.2, 0.25) is 0 Å². The summed E-state index contributed by atoms with van der Waals surface area (Å²) in [6.45, 7) is 2.19. The fraction of sp³-hybridized carbons (Fsp3) is 0.500. The van der Waals surface area contributed by atoms with Crippen molar-refractivity contribution in [3.63, 3.8) is 0 Å². The minimum atomic E-state index is -4.23. The van der Waals surface area contributed by atoms with Crippen LogP contribution in [0.5, 0.6) is 0 Å². The van der Waals surface area contributed by atoms with E-state index in [2.05, 4.69) is 10.3 Å². The zero-order valence-electron chi connectivity index (χ0n) is 8.88. The van der Waals surface area contributed by atoms with Crippen molar-refractivity contribution in [1.82, 2.24) is 10.3 Å². The highest BCUT2D eigenvalue weighted by molar-refractivity contribution is 5.46. The van der Waals surface area contributed by atoms with E-state index < -0.39 is 18.6 Å². The Bertz CT molecular complexity index is 338. The summed E-state index contributed by atoms with van der Waals surface area (Å²) in [7, 11) is 0. The van der Waals surface area contributed by atoms with Crippen molar-refractivity contribution < 1.29 is 13.2 Å². The quantitative estimate of drug-likeness (QED) is 0.838. The zero-order chi connectivity index (χ0) is 12.2. The molecule has 1 rings (SSSR count). The molecular formula is C10H14F3N3. The number of hydrogen-bond donors (Lipinski definition) is 2. The molecule has 0 aliphatic carbocycles. The number of nitrogens with two attached hydrogens (primary N) is 1. The molecule has 0 fully saturated rings. The molecule has 1 aromatic rings. The molecule has 0 amide bonds. The summed E-state index contributed by atoms with van der Waals surface area (Å²) in [6.07, 6.45) is -2.35. The third kappa shape index (κ3) is 3.69. The summed E-state index contributed by atoms with van der Waals surface area (Å²) >= 11 is 0. The largest absolute Gasteiger partial charge is 0.398 e. The second-order valence-electron chi connectivity index (χ2n) is 3.43. The first-order valence-electron chi connectivity index (χ1n) is 4.93. The molecule has 1 aromatic heterocycles. The van der Waals surface area contributed by atoms with E-state index in [1.165, 1.54) is 18.5 Å². The van der Waals surface area contributed by atoms with Gasteiger partial charge < -0.3 is 11.1 Å². The molecule has 1 unspecified atom stereocenters. The van der Waals surface area contributed by atoms with Gasteiger partial charge in [0.05, 0.1) is 6.42 Å². The van der Waals surface area contributed by atoms with Crippen LogP contribution >= 0.6 is 0 Å². The fourth-order valence-electron chi connectivity index (χ4n) is 1.48. The molecule has 16 heavy (non-hydrogen) atoms. The number of nitrogen functional groups attached to an aromatic ring is 1. The van der Waals surface area contributed by atoms with Gasteiger partial charge in [-0.1, -0.05) is 6.92 Å². The lowest BCUT2D eigenvalue weighted by Crippen LogP contribution is -2.27. The number of halogens is 3. The first kappa shape index (κ1) is 12.8. The van der Waals surface area contributed by atoms with Gasteiger partial charge in [-0.05, 0) is 12.6 Å². The summed E-state index contributed by atoms with van der Waals surface area (Å²) in [5.41, 5.74) is 6.34. The SMILES string of the molecule is CCNC(CC(F)(F)F)c1cnccc1N. The van der Waals surface area contributed by atoms with Gasteiger partial charge in [0.25, 0.3) is 0 Å². The van der Waals surface area contributed by atoms with Gasteiger partial charge in [0.15, 0.2) is 0 Å². The van der Waals surface area contributed by atoms with Crippen LogP contribution in [-0.2, 0) is 0 Å². The third-order valence-electron chi connectivity index (χ3n) is 2.15. The van der Waals surface area contributed by atoms with Crippen LogP contribution in [0.15, 0.2) is 18.5 Å². The highest BCUT2D eigenvalue weighted by atomic mass is 19.4. The van der Waals surface area contributed by atoms with Crippen molar-refractivity contribution in [2.75, 3.05) is 12.3 Å². The molecule has 3 nitrogen and oxygen atoms in total. The highest BCUT2D eigenvalue weighted by Crippen LogP contribution is 2.31. The molecule has 0 saturated carbocycles. The molecule has 0 aliphatic heterocycles. The maximum Gasteiger partial charge on any atom is 0.390 e. The number of nitrogens with one attached hydrogen (secondary N) is 1. The molecule has 6 heteroatoms. The Hall–Kier alpha value is -1.30. The predicted molar refractivity (Wildman–Crippen MR) is 55.7 cm³/mol. The van der Waals surface area contributed by atoms with Crippen molar-refractivity contribution in [1.29, 1.82) is 0 Å². The third-order valence-corrected chi connectivity index (χ3v) is 2.15. The first-order chi connectivity index (χ1) is 7.44. The fourth-order valence-corrected chi connectivity index (χ4v) is 1.48. The number of anilines is 1. The topological polar surface area (TPSA) is 50.9 Å². The van der Waals surface area contributed by atoms with Gasteiger partial charge in [-0.15, -0.1) is 0 Å². The molecule has 3 N–H and O–H groups in total. The van der Waals surface area contributed by atoms with Crippen LogP contribution in [0.3, 0.4) is 0 Å². The molecule has 0 bridgehead atoms. The van der Waals surface area contributed by atoms with E-state index in [4.69, 9.17) is 5.73 Å². The average Bonchev–Trinajstić information content (AvgIpc) is 2.16. The number of pyridine rings is 1. The Morgan fingerprint density at radius 3 is 2.69 bits per heavy atom. The average molecular weight is 233 g/mol. The normalized spacial score (nSPS) is 13.8. The van der Waals surface area contributed by atoms with E-state index in [-0.39, 0.29) is 0 Å². The van der Waals surface area contributed by atoms with Gasteiger partial charge in [0, 0.05) is 29.7 Å². The predicted octanol–water partition coefficient (Wildman–Crippen LogP) is 2.27. The van der Waals surface area contributed by atoms with E-state index in [1.807, 2.05) is 0 Å². The molecule has 90 valence electrons. The van der Waals surface area contributed by atoms with Crippen molar-refractivity contribution >= 4 is 5.69 Å². The Morgan fingerprint density at radius 2 is 2.19 bits per heavy atom. The lowest BCUT2D eigenvalue weighted by molar-refractivity contribution is -0.140. The van der Waals surface area contributed by atoms with E-state index in [0.29, 0.717) is 17.8 Å². The second-order valence-corrected chi connectivity index (χ2v) is 3.43. The smallest absolute Gasteiger partial charge is 0.390 e. The van der Waals surface area contributed by atoms with Gasteiger partial charge in [-0.25, -0.2) is 0 Å². The monoisotopic (exact) mass is 233 g/mol. The second kappa shape index (κ2) is 5.16. The van der Waals surface area contributed by atoms with Crippen LogP contribution in [-0.4, -0.2) is 17.7 Å². The van der Waals surface area contributed by atoms with E-state index in [1.54, 1.807) is 6.92 Å². The molecule has 0 aromatic carbocycles. The van der Waals surface area contributed by atoms with Crippen molar-refractivity contribution in [3.05, 3.63) is 24.0 Å². The van der Waals surface area contributed by atoms with Crippen molar-refractivity contribution in [2.45, 2.75) is 25.6 Å². The summed E-state index contributed by atoms with van der Waals surface area (Å²) in [5, 5.41) is 2.76. The standard InChI is InChI=1S/C10H14F3N3/c1-2-16-9(5-10(11,12)13)7-6-15-4-3-8(7)14/h3-4,6,9,16H,2,5H2,1H3,(H2,14,15). The summed E-state index contributed by atoms with van der Waals surface area (Å²) in [6, 6.07) is 0.662. The molecule has 1 atom stereocenters. The summed E-state index contributed by atoms with van der Waals surface area (Å²) in [4.78, 5) is 3.79. The Kier molecular flexibility index (Phi) is 4.12. The van der Waals surface area contributed by atoms with Crippen LogP contribution in [0, 0.1) is 0 Å². The van der Waals surface area contributed by atoms with Crippen LogP contribution in [0.25, 0.3) is 0 Å². The number of aromatic nitrogens is 1. The van der Waals surface area contributed by atoms with Crippen LogP contribution in [0.1, 0.15) is 24.9 Å². The summed E-state index contributed by atoms with van der Waals surface area (Å²) < 4.78 is 37.0. The van der Waals surface area contributed by atoms with Gasteiger partial charge in [-0.2, -0.15) is 13.2 Å². The van der Waals surface area contributed by atoms with Crippen LogP contribution in [0.4, 0.5) is 18.9 Å². The first-order valence-corrected chi connectivity index (χ1v) is 4.93. The molecular weight excluding hydrogens is 219 g/mol. The number of hydrogen-bond acceptors (Lipinski definition) is 3. The maximum absolute atomic E-state index is 12.3. The minimum absolute atomic E-state index is 0.324.